The van der Waals surface area contributed by atoms with Crippen molar-refractivity contribution in [2.45, 2.75) is 75.8 Å². The summed E-state index contributed by atoms with van der Waals surface area (Å²) in [4.78, 5) is 33.7. The van der Waals surface area contributed by atoms with Crippen molar-refractivity contribution < 1.29 is 42.6 Å². The maximum absolute atomic E-state index is 13.1. The van der Waals surface area contributed by atoms with E-state index in [1.165, 1.54) is 6.92 Å². The van der Waals surface area contributed by atoms with Crippen LogP contribution in [0.15, 0.2) is 152 Å². The van der Waals surface area contributed by atoms with E-state index in [0.29, 0.717) is 12.8 Å². The second-order valence-corrected chi connectivity index (χ2v) is 14.6. The molecule has 1 heterocycles. The predicted octanol–water partition coefficient (Wildman–Crippen LogP) is 6.94. The number of hydrogen-bond acceptors (Lipinski definition) is 7. The maximum Gasteiger partial charge on any atom is 0.472 e. The Morgan fingerprint density at radius 1 is 0.630 bits per heavy atom. The van der Waals surface area contributed by atoms with Gasteiger partial charge in [-0.3, -0.25) is 9.32 Å². The zero-order valence-corrected chi connectivity index (χ0v) is 30.9. The highest BCUT2D eigenvalue weighted by atomic mass is 31.2. The van der Waals surface area contributed by atoms with E-state index in [1.54, 1.807) is 0 Å². The molecular weight excluding hydrogens is 705 g/mol. The molecule has 0 radical (unpaired) electrons. The highest BCUT2D eigenvalue weighted by Gasteiger charge is 2.57. The Bertz CT molecular complexity index is 1870. The number of ether oxygens (including phenoxy) is 4. The maximum atomic E-state index is 13.1. The van der Waals surface area contributed by atoms with E-state index in [1.807, 2.05) is 152 Å². The standard InChI is InChI=1S/C43H46NO9P/c1-32(45)44-38-39(49-29-35-21-11-4-12-22-35)41(52-42(53-54(46,47)48)40(38)50-30-36-23-13-5-14-24-36)43(27-33-17-7-2-8-18-33,28-34-19-9-3-10-20-34)51-31-37-25-15-6-16-26-37/h2-26,38-42H,27-31H2,1H3,(H,44,45)(H2,46,47,48)/t38-,39-,40+,41-,42?/m0/s1. The molecule has 5 atom stereocenters. The van der Waals surface area contributed by atoms with E-state index in [-0.39, 0.29) is 19.8 Å². The number of carbonyl (C=O) groups excluding carboxylic acids is 1. The summed E-state index contributed by atoms with van der Waals surface area (Å²) in [5.74, 6) is -0.404. The van der Waals surface area contributed by atoms with Crippen molar-refractivity contribution in [3.05, 3.63) is 179 Å². The van der Waals surface area contributed by atoms with Crippen LogP contribution >= 0.6 is 7.82 Å². The molecule has 0 spiro atoms. The predicted molar refractivity (Wildman–Crippen MR) is 204 cm³/mol. The van der Waals surface area contributed by atoms with Gasteiger partial charge in [0.05, 0.1) is 25.9 Å². The van der Waals surface area contributed by atoms with E-state index < -0.39 is 50.0 Å². The van der Waals surface area contributed by atoms with Gasteiger partial charge in [-0.15, -0.1) is 0 Å². The fourth-order valence-electron chi connectivity index (χ4n) is 6.93. The molecule has 0 aromatic heterocycles. The number of phosphoric ester groups is 1. The van der Waals surface area contributed by atoms with Gasteiger partial charge in [0.15, 0.2) is 6.29 Å². The van der Waals surface area contributed by atoms with E-state index in [0.717, 1.165) is 27.8 Å². The third-order valence-electron chi connectivity index (χ3n) is 9.32. The lowest BCUT2D eigenvalue weighted by Gasteiger charge is -2.52. The van der Waals surface area contributed by atoms with E-state index >= 15 is 0 Å². The summed E-state index contributed by atoms with van der Waals surface area (Å²) in [6.07, 6.45) is -4.34. The largest absolute Gasteiger partial charge is 0.472 e. The Morgan fingerprint density at radius 2 is 1.02 bits per heavy atom. The molecule has 3 N–H and O–H groups in total. The van der Waals surface area contributed by atoms with Crippen LogP contribution in [-0.4, -0.2) is 51.9 Å². The molecule has 282 valence electrons. The topological polar surface area (TPSA) is 133 Å². The second kappa shape index (κ2) is 18.7. The Kier molecular flexibility index (Phi) is 13.6. The zero-order chi connectivity index (χ0) is 37.8. The van der Waals surface area contributed by atoms with Crippen molar-refractivity contribution in [2.24, 2.45) is 0 Å². The third-order valence-corrected chi connectivity index (χ3v) is 9.80. The number of hydrogen-bond donors (Lipinski definition) is 3. The molecule has 11 heteroatoms. The number of phosphoric acid groups is 1. The summed E-state index contributed by atoms with van der Waals surface area (Å²) < 4.78 is 45.4. The van der Waals surface area contributed by atoms with E-state index in [9.17, 15) is 19.1 Å². The first-order chi connectivity index (χ1) is 26.2. The van der Waals surface area contributed by atoms with Crippen LogP contribution in [0.3, 0.4) is 0 Å². The molecule has 1 saturated heterocycles. The summed E-state index contributed by atoms with van der Waals surface area (Å²) in [5, 5.41) is 3.02. The minimum atomic E-state index is -5.19. The first-order valence-corrected chi connectivity index (χ1v) is 19.4. The highest BCUT2D eigenvalue weighted by Crippen LogP contribution is 2.45. The Balaban J connectivity index is 1.52. The minimum Gasteiger partial charge on any atom is -0.368 e. The number of rotatable bonds is 17. The van der Waals surface area contributed by atoms with Crippen molar-refractivity contribution in [3.8, 4) is 0 Å². The fraction of sp³-hybridized carbons (Fsp3) is 0.279. The van der Waals surface area contributed by atoms with Crippen molar-refractivity contribution in [2.75, 3.05) is 0 Å². The van der Waals surface area contributed by atoms with Gasteiger partial charge in [0.2, 0.25) is 5.91 Å². The molecule has 5 aromatic rings. The van der Waals surface area contributed by atoms with Gasteiger partial charge in [0.25, 0.3) is 0 Å². The lowest BCUT2D eigenvalue weighted by atomic mass is 9.77. The van der Waals surface area contributed by atoms with Crippen LogP contribution in [0.4, 0.5) is 0 Å². The third kappa shape index (κ3) is 11.0. The fourth-order valence-corrected chi connectivity index (χ4v) is 7.37. The average Bonchev–Trinajstić information content (AvgIpc) is 3.17. The molecule has 1 aliphatic rings. The molecule has 0 saturated carbocycles. The lowest BCUT2D eigenvalue weighted by Crippen LogP contribution is -2.71. The zero-order valence-electron chi connectivity index (χ0n) is 30.1. The van der Waals surface area contributed by atoms with Gasteiger partial charge in [0, 0.05) is 19.8 Å². The Labute approximate surface area is 316 Å². The number of nitrogens with one attached hydrogen (secondary N) is 1. The number of carbonyl (C=O) groups is 1. The lowest BCUT2D eigenvalue weighted by molar-refractivity contribution is -0.310. The van der Waals surface area contributed by atoms with Crippen LogP contribution in [-0.2, 0) is 65.5 Å². The van der Waals surface area contributed by atoms with Crippen molar-refractivity contribution in [1.29, 1.82) is 0 Å². The van der Waals surface area contributed by atoms with Crippen LogP contribution in [0.2, 0.25) is 0 Å². The molecule has 1 amide bonds. The average molecular weight is 752 g/mol. The summed E-state index contributed by atoms with van der Waals surface area (Å²) >= 11 is 0. The summed E-state index contributed by atoms with van der Waals surface area (Å²) in [6, 6.07) is 47.2. The molecule has 1 unspecified atom stereocenters. The van der Waals surface area contributed by atoms with Gasteiger partial charge < -0.3 is 34.1 Å². The Morgan fingerprint density at radius 3 is 1.43 bits per heavy atom. The van der Waals surface area contributed by atoms with Gasteiger partial charge in [-0.05, 0) is 27.8 Å². The summed E-state index contributed by atoms with van der Waals surface area (Å²) in [6.45, 7) is 1.71. The highest BCUT2D eigenvalue weighted by molar-refractivity contribution is 7.46. The SMILES string of the molecule is CC(=O)N[C@H]1[C@H](OCc2ccccc2)[C@@H](C(Cc2ccccc2)(Cc2ccccc2)OCc2ccccc2)OC(OP(=O)(O)O)[C@@H]1OCc1ccccc1. The molecular formula is C43H46NO9P. The number of benzene rings is 5. The minimum absolute atomic E-state index is 0.0335. The van der Waals surface area contributed by atoms with Crippen molar-refractivity contribution >= 4 is 13.7 Å². The second-order valence-electron chi connectivity index (χ2n) is 13.4. The van der Waals surface area contributed by atoms with Crippen LogP contribution < -0.4 is 5.32 Å². The van der Waals surface area contributed by atoms with Crippen LogP contribution in [0.1, 0.15) is 34.7 Å². The normalized spacial score (nSPS) is 20.3. The van der Waals surface area contributed by atoms with Crippen LogP contribution in [0.25, 0.3) is 0 Å². The smallest absolute Gasteiger partial charge is 0.368 e. The van der Waals surface area contributed by atoms with Crippen molar-refractivity contribution in [3.63, 3.8) is 0 Å². The molecule has 6 rings (SSSR count). The molecule has 0 bridgehead atoms. The summed E-state index contributed by atoms with van der Waals surface area (Å²) in [5.41, 5.74) is 3.17. The molecule has 1 fully saturated rings. The van der Waals surface area contributed by atoms with Gasteiger partial charge in [-0.25, -0.2) is 4.57 Å². The molecule has 1 aliphatic heterocycles. The summed E-state index contributed by atoms with van der Waals surface area (Å²) in [7, 11) is -5.19. The molecule has 5 aromatic carbocycles. The number of amides is 1. The Hall–Kier alpha value is -4.48. The van der Waals surface area contributed by atoms with E-state index in [4.69, 9.17) is 23.5 Å². The van der Waals surface area contributed by atoms with E-state index in [2.05, 4.69) is 5.32 Å². The van der Waals surface area contributed by atoms with Crippen molar-refractivity contribution in [1.82, 2.24) is 5.32 Å². The van der Waals surface area contributed by atoms with Gasteiger partial charge in [0.1, 0.15) is 23.9 Å². The van der Waals surface area contributed by atoms with Gasteiger partial charge in [-0.2, -0.15) is 0 Å². The first kappa shape index (κ1) is 39.2. The van der Waals surface area contributed by atoms with Gasteiger partial charge in [-0.1, -0.05) is 152 Å². The van der Waals surface area contributed by atoms with Crippen LogP contribution in [0, 0.1) is 0 Å². The quantitative estimate of drug-likeness (QED) is 0.0865. The van der Waals surface area contributed by atoms with Crippen LogP contribution in [0.5, 0.6) is 0 Å². The van der Waals surface area contributed by atoms with Gasteiger partial charge >= 0.3 is 7.82 Å². The molecule has 0 aliphatic carbocycles. The molecule has 10 nitrogen and oxygen atoms in total. The monoisotopic (exact) mass is 751 g/mol. The molecule has 54 heavy (non-hydrogen) atoms. The first-order valence-electron chi connectivity index (χ1n) is 17.9.